The second-order valence-electron chi connectivity index (χ2n) is 13.5. The average Bonchev–Trinajstić information content (AvgIpc) is 3.51. The maximum atomic E-state index is 4.78. The van der Waals surface area contributed by atoms with Gasteiger partial charge in [0.2, 0.25) is 0 Å². The van der Waals surface area contributed by atoms with Crippen molar-refractivity contribution in [3.8, 4) is 33.6 Å². The third-order valence-corrected chi connectivity index (χ3v) is 12.0. The molecule has 2 nitrogen and oxygen atoms in total. The number of hydrogen-bond acceptors (Lipinski definition) is 3. The van der Waals surface area contributed by atoms with Crippen molar-refractivity contribution in [1.29, 1.82) is 0 Å². The third kappa shape index (κ3) is 7.22. The average molecular weight is 847 g/mol. The predicted molar refractivity (Wildman–Crippen MR) is 210 cm³/mol. The van der Waals surface area contributed by atoms with E-state index in [1.54, 1.807) is 0 Å². The molecular formula is C44H38IrN2SSi-2. The van der Waals surface area contributed by atoms with E-state index in [2.05, 4.69) is 160 Å². The van der Waals surface area contributed by atoms with E-state index < -0.39 is 8.07 Å². The Bertz CT molecular complexity index is 2360. The fourth-order valence-electron chi connectivity index (χ4n) is 6.30. The molecule has 49 heavy (non-hydrogen) atoms. The number of thiophene rings is 1. The molecule has 0 unspecified atom stereocenters. The van der Waals surface area contributed by atoms with Crippen LogP contribution in [0.15, 0.2) is 134 Å². The van der Waals surface area contributed by atoms with Gasteiger partial charge in [-0.2, -0.15) is 11.3 Å². The van der Waals surface area contributed by atoms with Crippen LogP contribution in [0.1, 0.15) is 25.3 Å². The van der Waals surface area contributed by atoms with Gasteiger partial charge in [-0.15, -0.1) is 53.6 Å². The van der Waals surface area contributed by atoms with E-state index in [0.717, 1.165) is 27.9 Å². The summed E-state index contributed by atoms with van der Waals surface area (Å²) in [7, 11) is -1.34. The number of pyridine rings is 2. The molecule has 5 heteroatoms. The van der Waals surface area contributed by atoms with Crippen LogP contribution >= 0.6 is 11.3 Å². The minimum absolute atomic E-state index is 0. The maximum Gasteiger partial charge on any atom is 0.0799 e. The first kappa shape index (κ1) is 34.6. The van der Waals surface area contributed by atoms with Crippen LogP contribution in [0.4, 0.5) is 0 Å². The number of rotatable bonds is 5. The normalized spacial score (nSPS) is 11.4. The van der Waals surface area contributed by atoms with E-state index >= 15 is 0 Å². The zero-order chi connectivity index (χ0) is 33.3. The van der Waals surface area contributed by atoms with Crippen molar-refractivity contribution in [1.82, 2.24) is 9.97 Å². The second kappa shape index (κ2) is 14.7. The Morgan fingerprint density at radius 2 is 1.39 bits per heavy atom. The predicted octanol–water partition coefficient (Wildman–Crippen LogP) is 12.0. The molecule has 0 amide bonds. The van der Waals surface area contributed by atoms with Crippen molar-refractivity contribution in [2.45, 2.75) is 39.4 Å². The van der Waals surface area contributed by atoms with Gasteiger partial charge in [-0.3, -0.25) is 0 Å². The summed E-state index contributed by atoms with van der Waals surface area (Å²) in [5.74, 6) is 0.534. The van der Waals surface area contributed by atoms with Crippen LogP contribution in [-0.4, -0.2) is 18.0 Å². The first-order chi connectivity index (χ1) is 23.3. The molecule has 245 valence electrons. The Morgan fingerprint density at radius 3 is 2.12 bits per heavy atom. The molecule has 0 atom stereocenters. The minimum atomic E-state index is -1.34. The molecule has 3 aromatic heterocycles. The fraction of sp³-hybridized carbons (Fsp3) is 0.136. The Labute approximate surface area is 308 Å². The molecule has 0 aliphatic rings. The summed E-state index contributed by atoms with van der Waals surface area (Å²) in [6.45, 7) is 11.7. The van der Waals surface area contributed by atoms with Crippen molar-refractivity contribution in [2.75, 3.05) is 0 Å². The van der Waals surface area contributed by atoms with Gasteiger partial charge in [-0.25, -0.2) is 0 Å². The van der Waals surface area contributed by atoms with Crippen molar-refractivity contribution in [3.63, 3.8) is 0 Å². The van der Waals surface area contributed by atoms with Gasteiger partial charge >= 0.3 is 0 Å². The van der Waals surface area contributed by atoms with Gasteiger partial charge in [0.05, 0.1) is 8.07 Å². The summed E-state index contributed by atoms with van der Waals surface area (Å²) in [4.78, 5) is 9.44. The zero-order valence-corrected chi connectivity index (χ0v) is 32.6. The van der Waals surface area contributed by atoms with E-state index in [1.807, 2.05) is 35.7 Å². The van der Waals surface area contributed by atoms with Crippen molar-refractivity contribution in [3.05, 3.63) is 151 Å². The van der Waals surface area contributed by atoms with Gasteiger partial charge in [0.1, 0.15) is 0 Å². The standard InChI is InChI=1S/C27H16NS.C17H22NSi.Ir/c1-2-8-18(9-3-1)21-14-15-22(24-16-19-10-4-5-11-20(19)17-28-24)27-26(21)23-12-6-7-13-25(23)29-27;1-13(2)15-11-16(14-9-7-6-8-10-14)18-12-17(15)19(3,4)5;/h1-14,16-17H;6-9,11-13H,1-5H3;/q2*-1;. The first-order valence-electron chi connectivity index (χ1n) is 16.5. The molecule has 0 bridgehead atoms. The van der Waals surface area contributed by atoms with Gasteiger partial charge in [0.25, 0.3) is 0 Å². The molecule has 0 aliphatic carbocycles. The van der Waals surface area contributed by atoms with Crippen LogP contribution < -0.4 is 5.19 Å². The van der Waals surface area contributed by atoms with Crippen LogP contribution in [-0.2, 0) is 20.1 Å². The summed E-state index contributed by atoms with van der Waals surface area (Å²) >= 11 is 1.83. The molecule has 0 fully saturated rings. The quantitative estimate of drug-likeness (QED) is 0.127. The number of nitrogens with zero attached hydrogens (tertiary/aromatic N) is 2. The molecule has 8 aromatic rings. The van der Waals surface area contributed by atoms with Gasteiger partial charge in [-0.1, -0.05) is 140 Å². The Balaban J connectivity index is 0.000000183. The Morgan fingerprint density at radius 1 is 0.694 bits per heavy atom. The molecule has 0 saturated carbocycles. The van der Waals surface area contributed by atoms with Gasteiger partial charge in [0.15, 0.2) is 0 Å². The fourth-order valence-corrected chi connectivity index (χ4v) is 9.21. The Hall–Kier alpha value is -4.25. The SMILES string of the molecule is CC(C)c1cc(-c2[c-]cccc2)ncc1[Si](C)(C)C.[Ir].[c-]1cc(-c2ccccc2)c2c(sc3ccccc32)c1-c1cc2ccccc2cn1. The van der Waals surface area contributed by atoms with E-state index in [9.17, 15) is 0 Å². The molecule has 8 rings (SSSR count). The van der Waals surface area contributed by atoms with E-state index in [4.69, 9.17) is 4.98 Å². The summed E-state index contributed by atoms with van der Waals surface area (Å²) < 4.78 is 2.54. The van der Waals surface area contributed by atoms with Crippen LogP contribution in [0.5, 0.6) is 0 Å². The molecule has 5 aromatic carbocycles. The minimum Gasteiger partial charge on any atom is -0.305 e. The molecular weight excluding hydrogens is 809 g/mol. The maximum absolute atomic E-state index is 4.78. The number of fused-ring (bicyclic) bond motifs is 4. The second-order valence-corrected chi connectivity index (χ2v) is 19.6. The molecule has 0 N–H and O–H groups in total. The van der Waals surface area contributed by atoms with E-state index in [-0.39, 0.29) is 20.1 Å². The van der Waals surface area contributed by atoms with Gasteiger partial charge in [-0.05, 0) is 49.4 Å². The monoisotopic (exact) mass is 847 g/mol. The number of benzene rings is 5. The number of hydrogen-bond donors (Lipinski definition) is 0. The largest absolute Gasteiger partial charge is 0.305 e. The van der Waals surface area contributed by atoms with Crippen molar-refractivity contribution in [2.24, 2.45) is 0 Å². The van der Waals surface area contributed by atoms with Gasteiger partial charge < -0.3 is 9.97 Å². The zero-order valence-electron chi connectivity index (χ0n) is 28.4. The molecule has 1 radical (unpaired) electrons. The smallest absolute Gasteiger partial charge is 0.0799 e. The van der Waals surface area contributed by atoms with Crippen molar-refractivity contribution >= 4 is 55.5 Å². The molecule has 3 heterocycles. The third-order valence-electron chi connectivity index (χ3n) is 8.78. The van der Waals surface area contributed by atoms with E-state index in [0.29, 0.717) is 5.92 Å². The summed E-state index contributed by atoms with van der Waals surface area (Å²) in [6, 6.07) is 49.0. The molecule has 0 saturated heterocycles. The summed E-state index contributed by atoms with van der Waals surface area (Å²) in [5, 5.41) is 6.42. The van der Waals surface area contributed by atoms with Gasteiger partial charge in [0, 0.05) is 37.2 Å². The first-order valence-corrected chi connectivity index (χ1v) is 20.8. The topological polar surface area (TPSA) is 25.8 Å². The van der Waals surface area contributed by atoms with Crippen LogP contribution in [0, 0.1) is 12.1 Å². The Kier molecular flexibility index (Phi) is 10.4. The summed E-state index contributed by atoms with van der Waals surface area (Å²) in [5.41, 5.74) is 8.05. The van der Waals surface area contributed by atoms with Crippen LogP contribution in [0.25, 0.3) is 64.6 Å². The van der Waals surface area contributed by atoms with E-state index in [1.165, 1.54) is 47.4 Å². The summed E-state index contributed by atoms with van der Waals surface area (Å²) in [6.07, 6.45) is 4.06. The van der Waals surface area contributed by atoms with Crippen LogP contribution in [0.3, 0.4) is 0 Å². The molecule has 0 spiro atoms. The molecule has 0 aliphatic heterocycles. The van der Waals surface area contributed by atoms with Crippen LogP contribution in [0.2, 0.25) is 19.6 Å². The number of aromatic nitrogens is 2. The van der Waals surface area contributed by atoms with Crippen molar-refractivity contribution < 1.29 is 20.1 Å².